The molecular formula is C22H23N3O5. The molecule has 0 fully saturated rings. The van der Waals surface area contributed by atoms with Crippen molar-refractivity contribution in [3.05, 3.63) is 52.6 Å². The Morgan fingerprint density at radius 1 is 1.13 bits per heavy atom. The van der Waals surface area contributed by atoms with E-state index in [2.05, 4.69) is 5.32 Å². The number of hydrogen-bond acceptors (Lipinski definition) is 6. The van der Waals surface area contributed by atoms with Crippen molar-refractivity contribution in [2.45, 2.75) is 13.8 Å². The highest BCUT2D eigenvalue weighted by Gasteiger charge is 2.17. The molecule has 8 nitrogen and oxygen atoms in total. The van der Waals surface area contributed by atoms with Crippen LogP contribution in [0.5, 0.6) is 17.2 Å². The van der Waals surface area contributed by atoms with Gasteiger partial charge >= 0.3 is 0 Å². The lowest BCUT2D eigenvalue weighted by atomic mass is 10.1. The van der Waals surface area contributed by atoms with Crippen LogP contribution in [0.25, 0.3) is 6.08 Å². The van der Waals surface area contributed by atoms with E-state index in [1.54, 1.807) is 18.2 Å². The summed E-state index contributed by atoms with van der Waals surface area (Å²) in [6.45, 7) is 3.47. The largest absolute Gasteiger partial charge is 0.493 e. The molecule has 0 aliphatic heterocycles. The first-order valence-electron chi connectivity index (χ1n) is 8.96. The summed E-state index contributed by atoms with van der Waals surface area (Å²) in [6.07, 6.45) is 1.40. The average molecular weight is 409 g/mol. The van der Waals surface area contributed by atoms with E-state index < -0.39 is 11.8 Å². The fourth-order valence-corrected chi connectivity index (χ4v) is 2.73. The van der Waals surface area contributed by atoms with E-state index >= 15 is 0 Å². The van der Waals surface area contributed by atoms with Crippen LogP contribution in [0.15, 0.2) is 35.9 Å². The van der Waals surface area contributed by atoms with Crippen LogP contribution < -0.4 is 25.3 Å². The number of hydrogen-bond donors (Lipinski definition) is 2. The molecule has 30 heavy (non-hydrogen) atoms. The van der Waals surface area contributed by atoms with Crippen molar-refractivity contribution in [3.8, 4) is 23.3 Å². The predicted octanol–water partition coefficient (Wildman–Crippen LogP) is 2.73. The summed E-state index contributed by atoms with van der Waals surface area (Å²) in [5.74, 6) is -0.494. The Kier molecular flexibility index (Phi) is 7.42. The first-order valence-corrected chi connectivity index (χ1v) is 8.96. The number of methoxy groups -OCH3 is 2. The molecule has 3 N–H and O–H groups in total. The Morgan fingerprint density at radius 3 is 2.27 bits per heavy atom. The molecule has 2 amide bonds. The van der Waals surface area contributed by atoms with Crippen molar-refractivity contribution in [1.82, 2.24) is 0 Å². The third kappa shape index (κ3) is 5.52. The molecule has 2 rings (SSSR count). The van der Waals surface area contributed by atoms with Gasteiger partial charge in [0.05, 0.1) is 14.2 Å². The number of carbonyl (C=O) groups is 2. The van der Waals surface area contributed by atoms with Crippen LogP contribution >= 0.6 is 0 Å². The topological polar surface area (TPSA) is 124 Å². The zero-order valence-electron chi connectivity index (χ0n) is 17.2. The molecule has 156 valence electrons. The number of ether oxygens (including phenoxy) is 3. The Hall–Kier alpha value is -3.99. The summed E-state index contributed by atoms with van der Waals surface area (Å²) in [4.78, 5) is 23.6. The van der Waals surface area contributed by atoms with Crippen molar-refractivity contribution >= 4 is 23.6 Å². The molecule has 0 bridgehead atoms. The van der Waals surface area contributed by atoms with Crippen molar-refractivity contribution in [2.75, 3.05) is 26.1 Å². The summed E-state index contributed by atoms with van der Waals surface area (Å²) < 4.78 is 15.9. The molecule has 0 aliphatic rings. The van der Waals surface area contributed by atoms with Gasteiger partial charge in [-0.15, -0.1) is 0 Å². The van der Waals surface area contributed by atoms with Crippen LogP contribution in [0.1, 0.15) is 16.7 Å². The number of anilines is 1. The van der Waals surface area contributed by atoms with Gasteiger partial charge in [0.2, 0.25) is 5.75 Å². The maximum Gasteiger partial charge on any atom is 0.266 e. The Balaban J connectivity index is 2.37. The minimum Gasteiger partial charge on any atom is -0.493 e. The molecule has 0 heterocycles. The van der Waals surface area contributed by atoms with Gasteiger partial charge in [0.25, 0.3) is 11.8 Å². The van der Waals surface area contributed by atoms with Crippen LogP contribution in [-0.4, -0.2) is 32.6 Å². The standard InChI is InChI=1S/C22H23N3O5/c1-13-5-6-17(14(2)7-13)25-22(27)16(11-23)8-15-9-18(28-3)21(19(10-15)29-4)30-12-20(24)26/h5-10H,12H2,1-4H3,(H2,24,26)(H,25,27)/b16-8+. The summed E-state index contributed by atoms with van der Waals surface area (Å²) in [7, 11) is 2.83. The normalized spacial score (nSPS) is 10.7. The Morgan fingerprint density at radius 2 is 1.77 bits per heavy atom. The predicted molar refractivity (Wildman–Crippen MR) is 112 cm³/mol. The zero-order chi connectivity index (χ0) is 22.3. The monoisotopic (exact) mass is 409 g/mol. The number of aryl methyl sites for hydroxylation is 2. The number of benzene rings is 2. The van der Waals surface area contributed by atoms with Gasteiger partial charge in [-0.05, 0) is 49.2 Å². The number of nitriles is 1. The highest BCUT2D eigenvalue weighted by atomic mass is 16.5. The van der Waals surface area contributed by atoms with Gasteiger partial charge < -0.3 is 25.3 Å². The van der Waals surface area contributed by atoms with Crippen molar-refractivity contribution in [1.29, 1.82) is 5.26 Å². The third-order valence-corrected chi connectivity index (χ3v) is 4.15. The number of nitrogens with two attached hydrogens (primary N) is 1. The van der Waals surface area contributed by atoms with Gasteiger partial charge in [-0.1, -0.05) is 17.7 Å². The van der Waals surface area contributed by atoms with E-state index in [4.69, 9.17) is 19.9 Å². The minimum atomic E-state index is -0.655. The van der Waals surface area contributed by atoms with Crippen molar-refractivity contribution < 1.29 is 23.8 Å². The van der Waals surface area contributed by atoms with E-state index in [1.165, 1.54) is 20.3 Å². The second-order valence-corrected chi connectivity index (χ2v) is 6.45. The maximum absolute atomic E-state index is 12.6. The van der Waals surface area contributed by atoms with Gasteiger partial charge in [0.15, 0.2) is 18.1 Å². The lowest BCUT2D eigenvalue weighted by Gasteiger charge is -2.14. The molecule has 0 saturated heterocycles. The highest BCUT2D eigenvalue weighted by Crippen LogP contribution is 2.39. The van der Waals surface area contributed by atoms with Gasteiger partial charge in [0, 0.05) is 5.69 Å². The maximum atomic E-state index is 12.6. The number of nitrogens with zero attached hydrogens (tertiary/aromatic N) is 1. The fourth-order valence-electron chi connectivity index (χ4n) is 2.73. The quantitative estimate of drug-likeness (QED) is 0.510. The van der Waals surface area contributed by atoms with Crippen LogP contribution in [0, 0.1) is 25.2 Å². The first kappa shape index (κ1) is 22.3. The Bertz CT molecular complexity index is 1010. The van der Waals surface area contributed by atoms with Crippen LogP contribution in [0.2, 0.25) is 0 Å². The fraction of sp³-hybridized carbons (Fsp3) is 0.227. The van der Waals surface area contributed by atoms with Gasteiger partial charge in [-0.2, -0.15) is 5.26 Å². The molecule has 0 spiro atoms. The SMILES string of the molecule is COc1cc(/C=C(\C#N)C(=O)Nc2ccc(C)cc2C)cc(OC)c1OCC(N)=O. The average Bonchev–Trinajstić information content (AvgIpc) is 2.71. The van der Waals surface area contributed by atoms with E-state index in [0.29, 0.717) is 11.3 Å². The van der Waals surface area contributed by atoms with Gasteiger partial charge in [0.1, 0.15) is 11.6 Å². The molecule has 0 atom stereocenters. The lowest BCUT2D eigenvalue weighted by Crippen LogP contribution is -2.20. The van der Waals surface area contributed by atoms with Crippen molar-refractivity contribution in [3.63, 3.8) is 0 Å². The molecule has 0 unspecified atom stereocenters. The molecule has 2 aromatic rings. The number of carbonyl (C=O) groups excluding carboxylic acids is 2. The molecule has 0 saturated carbocycles. The first-order chi connectivity index (χ1) is 14.3. The van der Waals surface area contributed by atoms with E-state index in [1.807, 2.05) is 32.0 Å². The van der Waals surface area contributed by atoms with Crippen LogP contribution in [0.4, 0.5) is 5.69 Å². The highest BCUT2D eigenvalue weighted by molar-refractivity contribution is 6.10. The smallest absolute Gasteiger partial charge is 0.266 e. The molecule has 0 aliphatic carbocycles. The summed E-state index contributed by atoms with van der Waals surface area (Å²) in [5, 5.41) is 12.2. The molecule has 8 heteroatoms. The second kappa shape index (κ2) is 9.98. The second-order valence-electron chi connectivity index (χ2n) is 6.45. The number of nitrogens with one attached hydrogen (secondary N) is 1. The molecule has 2 aromatic carbocycles. The lowest BCUT2D eigenvalue weighted by molar-refractivity contribution is -0.120. The summed E-state index contributed by atoms with van der Waals surface area (Å²) in [5.41, 5.74) is 8.06. The molecule has 0 radical (unpaired) electrons. The van der Waals surface area contributed by atoms with Gasteiger partial charge in [-0.25, -0.2) is 0 Å². The summed E-state index contributed by atoms with van der Waals surface area (Å²) >= 11 is 0. The molecule has 0 aromatic heterocycles. The number of amides is 2. The number of rotatable bonds is 8. The van der Waals surface area contributed by atoms with Crippen LogP contribution in [-0.2, 0) is 9.59 Å². The van der Waals surface area contributed by atoms with Gasteiger partial charge in [-0.3, -0.25) is 9.59 Å². The zero-order valence-corrected chi connectivity index (χ0v) is 17.2. The van der Waals surface area contributed by atoms with E-state index in [-0.39, 0.29) is 29.4 Å². The van der Waals surface area contributed by atoms with E-state index in [9.17, 15) is 14.9 Å². The minimum absolute atomic E-state index is 0.107. The van der Waals surface area contributed by atoms with Crippen LogP contribution in [0.3, 0.4) is 0 Å². The number of primary amides is 1. The van der Waals surface area contributed by atoms with E-state index in [0.717, 1.165) is 11.1 Å². The van der Waals surface area contributed by atoms with Crippen molar-refractivity contribution in [2.24, 2.45) is 5.73 Å². The Labute approximate surface area is 174 Å². The molecular weight excluding hydrogens is 386 g/mol. The summed E-state index contributed by atoms with van der Waals surface area (Å²) in [6, 6.07) is 10.6. The third-order valence-electron chi connectivity index (χ3n) is 4.15.